The third kappa shape index (κ3) is 3.36. The second-order valence-electron chi connectivity index (χ2n) is 5.16. The van der Waals surface area contributed by atoms with E-state index >= 15 is 0 Å². The van der Waals surface area contributed by atoms with E-state index < -0.39 is 0 Å². The molecule has 21 heavy (non-hydrogen) atoms. The summed E-state index contributed by atoms with van der Waals surface area (Å²) in [7, 11) is 0. The molecule has 0 spiro atoms. The van der Waals surface area contributed by atoms with Crippen LogP contribution >= 0.6 is 11.3 Å². The maximum absolute atomic E-state index is 6.02. The van der Waals surface area contributed by atoms with Crippen LogP contribution in [0.4, 0.5) is 0 Å². The molecule has 4 nitrogen and oxygen atoms in total. The van der Waals surface area contributed by atoms with Crippen LogP contribution in [-0.4, -0.2) is 12.6 Å². The molecule has 3 N–H and O–H groups in total. The van der Waals surface area contributed by atoms with Gasteiger partial charge in [-0.15, -0.1) is 11.3 Å². The van der Waals surface area contributed by atoms with Gasteiger partial charge >= 0.3 is 0 Å². The van der Waals surface area contributed by atoms with Gasteiger partial charge in [-0.1, -0.05) is 18.2 Å². The van der Waals surface area contributed by atoms with Crippen LogP contribution in [0.25, 0.3) is 0 Å². The SMILES string of the molecule is Cc1csc(CN=C(N)NC2CCOc3ccccc32)c1. The predicted molar refractivity (Wildman–Crippen MR) is 86.8 cm³/mol. The van der Waals surface area contributed by atoms with Gasteiger partial charge in [0, 0.05) is 16.9 Å². The van der Waals surface area contributed by atoms with Crippen molar-refractivity contribution >= 4 is 17.3 Å². The minimum atomic E-state index is 0.170. The molecule has 1 aliphatic rings. The van der Waals surface area contributed by atoms with Gasteiger partial charge in [0.05, 0.1) is 19.2 Å². The average molecular weight is 301 g/mol. The molecule has 1 aromatic heterocycles. The molecule has 1 atom stereocenters. The monoisotopic (exact) mass is 301 g/mol. The molecule has 0 saturated carbocycles. The summed E-state index contributed by atoms with van der Waals surface area (Å²) in [4.78, 5) is 5.65. The number of fused-ring (bicyclic) bond motifs is 1. The average Bonchev–Trinajstić information content (AvgIpc) is 2.91. The van der Waals surface area contributed by atoms with Crippen LogP contribution in [0.15, 0.2) is 40.7 Å². The van der Waals surface area contributed by atoms with Gasteiger partial charge in [0.25, 0.3) is 0 Å². The number of hydrogen-bond acceptors (Lipinski definition) is 3. The number of ether oxygens (including phenoxy) is 1. The van der Waals surface area contributed by atoms with Crippen molar-refractivity contribution in [2.24, 2.45) is 10.7 Å². The summed E-state index contributed by atoms with van der Waals surface area (Å²) in [5.41, 5.74) is 8.44. The Hall–Kier alpha value is -2.01. The number of hydrogen-bond donors (Lipinski definition) is 2. The van der Waals surface area contributed by atoms with Gasteiger partial charge in [-0.3, -0.25) is 0 Å². The fourth-order valence-corrected chi connectivity index (χ4v) is 3.25. The summed E-state index contributed by atoms with van der Waals surface area (Å²) in [5.74, 6) is 1.42. The first-order valence-corrected chi connectivity index (χ1v) is 7.92. The molecule has 0 aliphatic carbocycles. The molecule has 0 bridgehead atoms. The number of nitrogens with one attached hydrogen (secondary N) is 1. The molecule has 0 saturated heterocycles. The molecule has 2 heterocycles. The maximum atomic E-state index is 6.02. The molecule has 1 aromatic carbocycles. The van der Waals surface area contributed by atoms with Crippen LogP contribution in [0.3, 0.4) is 0 Å². The van der Waals surface area contributed by atoms with E-state index in [2.05, 4.69) is 34.7 Å². The number of guanidine groups is 1. The molecular weight excluding hydrogens is 282 g/mol. The molecule has 0 radical (unpaired) electrons. The number of thiophene rings is 1. The lowest BCUT2D eigenvalue weighted by molar-refractivity contribution is 0.262. The standard InChI is InChI=1S/C16H19N3OS/c1-11-8-12(21-10-11)9-18-16(17)19-14-6-7-20-15-5-3-2-4-13(14)15/h2-5,8,10,14H,6-7,9H2,1H3,(H3,17,18,19). The second kappa shape index (κ2) is 6.18. The summed E-state index contributed by atoms with van der Waals surface area (Å²) in [6.07, 6.45) is 0.894. The molecule has 5 heteroatoms. The van der Waals surface area contributed by atoms with E-state index in [4.69, 9.17) is 10.5 Å². The zero-order valence-electron chi connectivity index (χ0n) is 12.0. The first-order valence-electron chi connectivity index (χ1n) is 7.04. The number of para-hydroxylation sites is 1. The normalized spacial score (nSPS) is 18.0. The van der Waals surface area contributed by atoms with Gasteiger partial charge in [-0.25, -0.2) is 4.99 Å². The fourth-order valence-electron chi connectivity index (χ4n) is 2.45. The molecule has 3 rings (SSSR count). The van der Waals surface area contributed by atoms with Crippen molar-refractivity contribution in [3.05, 3.63) is 51.7 Å². The van der Waals surface area contributed by atoms with Gasteiger partial charge in [0.1, 0.15) is 5.75 Å². The third-order valence-electron chi connectivity index (χ3n) is 3.47. The molecule has 1 aliphatic heterocycles. The van der Waals surface area contributed by atoms with Crippen molar-refractivity contribution in [3.8, 4) is 5.75 Å². The Bertz CT molecular complexity index is 650. The smallest absolute Gasteiger partial charge is 0.189 e. The van der Waals surface area contributed by atoms with Gasteiger partial charge in [-0.2, -0.15) is 0 Å². The lowest BCUT2D eigenvalue weighted by Gasteiger charge is -2.26. The Morgan fingerprint density at radius 3 is 3.14 bits per heavy atom. The van der Waals surface area contributed by atoms with Crippen LogP contribution in [0.1, 0.15) is 28.5 Å². The minimum Gasteiger partial charge on any atom is -0.493 e. The summed E-state index contributed by atoms with van der Waals surface area (Å²) < 4.78 is 5.65. The number of aryl methyl sites for hydroxylation is 1. The summed E-state index contributed by atoms with van der Waals surface area (Å²) >= 11 is 1.72. The summed E-state index contributed by atoms with van der Waals surface area (Å²) in [5, 5.41) is 5.43. The number of rotatable bonds is 3. The highest BCUT2D eigenvalue weighted by Crippen LogP contribution is 2.31. The van der Waals surface area contributed by atoms with Crippen molar-refractivity contribution in [1.29, 1.82) is 0 Å². The lowest BCUT2D eigenvalue weighted by Crippen LogP contribution is -2.37. The summed E-state index contributed by atoms with van der Waals surface area (Å²) in [6, 6.07) is 10.4. The Labute approximate surface area is 128 Å². The number of nitrogens with zero attached hydrogens (tertiary/aromatic N) is 1. The van der Waals surface area contributed by atoms with Gasteiger partial charge in [-0.05, 0) is 30.0 Å². The largest absolute Gasteiger partial charge is 0.493 e. The van der Waals surface area contributed by atoms with Crippen molar-refractivity contribution in [3.63, 3.8) is 0 Å². The number of aliphatic imine (C=N–C) groups is 1. The van der Waals surface area contributed by atoms with Crippen LogP contribution in [0.5, 0.6) is 5.75 Å². The highest BCUT2D eigenvalue weighted by atomic mass is 32.1. The van der Waals surface area contributed by atoms with Crippen molar-refractivity contribution < 1.29 is 4.74 Å². The van der Waals surface area contributed by atoms with Crippen molar-refractivity contribution in [2.45, 2.75) is 25.9 Å². The molecule has 1 unspecified atom stereocenters. The Balaban J connectivity index is 1.66. The van der Waals surface area contributed by atoms with E-state index in [0.717, 1.165) is 17.7 Å². The first-order chi connectivity index (χ1) is 10.2. The highest BCUT2D eigenvalue weighted by Gasteiger charge is 2.21. The number of benzene rings is 1. The number of nitrogens with two attached hydrogens (primary N) is 1. The van der Waals surface area contributed by atoms with E-state index in [1.807, 2.05) is 18.2 Å². The summed E-state index contributed by atoms with van der Waals surface area (Å²) in [6.45, 7) is 3.42. The van der Waals surface area contributed by atoms with Crippen LogP contribution in [-0.2, 0) is 6.54 Å². The maximum Gasteiger partial charge on any atom is 0.189 e. The molecule has 2 aromatic rings. The van der Waals surface area contributed by atoms with Gasteiger partial charge in [0.2, 0.25) is 0 Å². The van der Waals surface area contributed by atoms with Crippen molar-refractivity contribution in [2.75, 3.05) is 6.61 Å². The second-order valence-corrected chi connectivity index (χ2v) is 6.16. The zero-order valence-corrected chi connectivity index (χ0v) is 12.8. The topological polar surface area (TPSA) is 59.6 Å². The fraction of sp³-hybridized carbons (Fsp3) is 0.312. The third-order valence-corrected chi connectivity index (χ3v) is 4.51. The van der Waals surface area contributed by atoms with Crippen LogP contribution < -0.4 is 15.8 Å². The van der Waals surface area contributed by atoms with Crippen molar-refractivity contribution in [1.82, 2.24) is 5.32 Å². The molecule has 110 valence electrons. The highest BCUT2D eigenvalue weighted by molar-refractivity contribution is 7.10. The van der Waals surface area contributed by atoms with Crippen LogP contribution in [0.2, 0.25) is 0 Å². The molecule has 0 amide bonds. The van der Waals surface area contributed by atoms with E-state index in [1.165, 1.54) is 10.4 Å². The van der Waals surface area contributed by atoms with E-state index in [0.29, 0.717) is 19.1 Å². The predicted octanol–water partition coefficient (Wildman–Crippen LogP) is 2.98. The Kier molecular flexibility index (Phi) is 4.10. The van der Waals surface area contributed by atoms with E-state index in [1.54, 1.807) is 11.3 Å². The lowest BCUT2D eigenvalue weighted by atomic mass is 10.0. The van der Waals surface area contributed by atoms with E-state index in [-0.39, 0.29) is 6.04 Å². The minimum absolute atomic E-state index is 0.170. The van der Waals surface area contributed by atoms with Crippen LogP contribution in [0, 0.1) is 6.92 Å². The van der Waals surface area contributed by atoms with E-state index in [9.17, 15) is 0 Å². The van der Waals surface area contributed by atoms with Gasteiger partial charge < -0.3 is 15.8 Å². The quantitative estimate of drug-likeness (QED) is 0.677. The zero-order chi connectivity index (χ0) is 14.7. The molecular formula is C16H19N3OS. The molecule has 0 fully saturated rings. The Morgan fingerprint density at radius 2 is 2.33 bits per heavy atom. The Morgan fingerprint density at radius 1 is 1.48 bits per heavy atom. The first kappa shape index (κ1) is 13.9. The van der Waals surface area contributed by atoms with Gasteiger partial charge in [0.15, 0.2) is 5.96 Å².